The molecule has 0 N–H and O–H groups in total. The van der Waals surface area contributed by atoms with Crippen molar-refractivity contribution in [2.24, 2.45) is 5.92 Å². The van der Waals surface area contributed by atoms with Crippen molar-refractivity contribution in [3.63, 3.8) is 0 Å². The van der Waals surface area contributed by atoms with Gasteiger partial charge in [-0.05, 0) is 32.6 Å². The lowest BCUT2D eigenvalue weighted by Gasteiger charge is -2.38. The van der Waals surface area contributed by atoms with Gasteiger partial charge < -0.3 is 4.52 Å². The zero-order valence-corrected chi connectivity index (χ0v) is 17.0. The van der Waals surface area contributed by atoms with Gasteiger partial charge in [-0.1, -0.05) is 5.16 Å². The van der Waals surface area contributed by atoms with Gasteiger partial charge in [0.05, 0.1) is 11.5 Å². The number of rotatable bonds is 6. The van der Waals surface area contributed by atoms with Crippen molar-refractivity contribution in [2.45, 2.75) is 44.3 Å². The largest absolute Gasteiger partial charge is 0.339 e. The van der Waals surface area contributed by atoms with Gasteiger partial charge in [-0.15, -0.1) is 0 Å². The van der Waals surface area contributed by atoms with Crippen molar-refractivity contribution in [2.75, 3.05) is 32.4 Å². The van der Waals surface area contributed by atoms with E-state index in [2.05, 4.69) is 10.1 Å². The highest BCUT2D eigenvalue weighted by Gasteiger charge is 2.38. The number of nitrogens with zero attached hydrogens (tertiary/aromatic N) is 4. The van der Waals surface area contributed by atoms with Gasteiger partial charge in [0.15, 0.2) is 5.82 Å². The zero-order valence-electron chi connectivity index (χ0n) is 15.3. The molecule has 0 radical (unpaired) electrons. The molecule has 3 rings (SSSR count). The minimum absolute atomic E-state index is 0.102. The number of hydrogen-bond acceptors (Lipinski definition) is 7. The van der Waals surface area contributed by atoms with E-state index in [9.17, 15) is 16.8 Å². The fourth-order valence-corrected chi connectivity index (χ4v) is 5.67. The normalized spacial score (nSPS) is 22.0. The third-order valence-corrected chi connectivity index (χ3v) is 8.63. The number of aromatic nitrogens is 2. The Morgan fingerprint density at radius 3 is 2.27 bits per heavy atom. The summed E-state index contributed by atoms with van der Waals surface area (Å²) in [6.45, 7) is 5.29. The van der Waals surface area contributed by atoms with E-state index in [0.717, 1.165) is 0 Å². The number of sulfonamides is 2. The van der Waals surface area contributed by atoms with Gasteiger partial charge in [-0.25, -0.2) is 25.4 Å². The van der Waals surface area contributed by atoms with E-state index >= 15 is 0 Å². The average Bonchev–Trinajstić information content (AvgIpc) is 2.98. The van der Waals surface area contributed by atoms with Crippen LogP contribution < -0.4 is 0 Å². The monoisotopic (exact) mass is 406 g/mol. The van der Waals surface area contributed by atoms with Crippen LogP contribution in [0.15, 0.2) is 4.52 Å². The van der Waals surface area contributed by atoms with Crippen molar-refractivity contribution < 1.29 is 21.4 Å². The third kappa shape index (κ3) is 4.10. The minimum atomic E-state index is -3.18. The quantitative estimate of drug-likeness (QED) is 0.672. The molecule has 11 heteroatoms. The first-order chi connectivity index (χ1) is 12.1. The molecule has 0 atom stereocenters. The first-order valence-electron chi connectivity index (χ1n) is 8.84. The summed E-state index contributed by atoms with van der Waals surface area (Å²) in [5.74, 6) is 1.45. The molecule has 2 fully saturated rings. The highest BCUT2D eigenvalue weighted by molar-refractivity contribution is 7.89. The SMILES string of the molecule is CC(C)S(=O)(=O)N1CC(Cc2nc(C3CCN(S(C)(=O)=O)CC3)no2)C1. The summed E-state index contributed by atoms with van der Waals surface area (Å²) >= 11 is 0. The van der Waals surface area contributed by atoms with Gasteiger partial charge >= 0.3 is 0 Å². The van der Waals surface area contributed by atoms with E-state index in [0.29, 0.717) is 57.2 Å². The molecule has 9 nitrogen and oxygen atoms in total. The Morgan fingerprint density at radius 2 is 1.73 bits per heavy atom. The molecule has 3 heterocycles. The molecule has 0 aromatic carbocycles. The van der Waals surface area contributed by atoms with E-state index in [1.807, 2.05) is 0 Å². The second kappa shape index (κ2) is 7.17. The second-order valence-corrected chi connectivity index (χ2v) is 11.9. The van der Waals surface area contributed by atoms with Crippen LogP contribution >= 0.6 is 0 Å². The summed E-state index contributed by atoms with van der Waals surface area (Å²) in [6, 6.07) is 0. The van der Waals surface area contributed by atoms with Crippen LogP contribution in [0, 0.1) is 5.92 Å². The van der Waals surface area contributed by atoms with E-state index in [1.165, 1.54) is 14.9 Å². The molecule has 2 aliphatic rings. The Hall–Kier alpha value is -1.04. The average molecular weight is 407 g/mol. The maximum Gasteiger partial charge on any atom is 0.227 e. The molecule has 0 amide bonds. The molecule has 0 saturated carbocycles. The van der Waals surface area contributed by atoms with E-state index in [-0.39, 0.29) is 11.8 Å². The minimum Gasteiger partial charge on any atom is -0.339 e. The smallest absolute Gasteiger partial charge is 0.227 e. The predicted molar refractivity (Wildman–Crippen MR) is 95.5 cm³/mol. The third-order valence-electron chi connectivity index (χ3n) is 5.11. The number of piperidine rings is 1. The Balaban J connectivity index is 1.51. The van der Waals surface area contributed by atoms with Crippen LogP contribution in [0.5, 0.6) is 0 Å². The highest BCUT2D eigenvalue weighted by atomic mass is 32.2. The lowest BCUT2D eigenvalue weighted by Crippen LogP contribution is -2.52. The fraction of sp³-hybridized carbons (Fsp3) is 0.867. The van der Waals surface area contributed by atoms with E-state index in [1.54, 1.807) is 13.8 Å². The molecular formula is C15H26N4O5S2. The van der Waals surface area contributed by atoms with E-state index in [4.69, 9.17) is 4.52 Å². The Morgan fingerprint density at radius 1 is 1.12 bits per heavy atom. The predicted octanol–water partition coefficient (Wildman–Crippen LogP) is 0.421. The molecule has 1 aromatic rings. The molecule has 0 unspecified atom stereocenters. The van der Waals surface area contributed by atoms with Gasteiger partial charge in [0.1, 0.15) is 0 Å². The molecule has 2 aliphatic heterocycles. The van der Waals surface area contributed by atoms with Crippen LogP contribution in [0.25, 0.3) is 0 Å². The maximum atomic E-state index is 12.0. The summed E-state index contributed by atoms with van der Waals surface area (Å²) in [5.41, 5.74) is 0. The molecule has 26 heavy (non-hydrogen) atoms. The van der Waals surface area contributed by atoms with E-state index < -0.39 is 25.3 Å². The fourth-order valence-electron chi connectivity index (χ4n) is 3.37. The molecule has 2 saturated heterocycles. The van der Waals surface area contributed by atoms with Crippen LogP contribution in [-0.4, -0.2) is 73.3 Å². The molecule has 148 valence electrons. The molecule has 0 aliphatic carbocycles. The Labute approximate surface area is 154 Å². The van der Waals surface area contributed by atoms with Crippen LogP contribution in [-0.2, 0) is 26.5 Å². The summed E-state index contributed by atoms with van der Waals surface area (Å²) in [7, 11) is -6.33. The number of hydrogen-bond donors (Lipinski definition) is 0. The zero-order chi connectivity index (χ0) is 19.1. The van der Waals surface area contributed by atoms with Crippen molar-refractivity contribution in [1.82, 2.24) is 18.8 Å². The lowest BCUT2D eigenvalue weighted by atomic mass is 9.97. The Bertz CT molecular complexity index is 835. The van der Waals surface area contributed by atoms with Crippen LogP contribution in [0.3, 0.4) is 0 Å². The van der Waals surface area contributed by atoms with Crippen molar-refractivity contribution >= 4 is 20.0 Å². The highest BCUT2D eigenvalue weighted by Crippen LogP contribution is 2.29. The summed E-state index contributed by atoms with van der Waals surface area (Å²) < 4.78 is 55.5. The summed E-state index contributed by atoms with van der Waals surface area (Å²) in [6.07, 6.45) is 3.15. The van der Waals surface area contributed by atoms with Gasteiger partial charge in [0.2, 0.25) is 25.9 Å². The lowest BCUT2D eigenvalue weighted by molar-refractivity contribution is 0.185. The Kier molecular flexibility index (Phi) is 5.44. The van der Waals surface area contributed by atoms with Crippen LogP contribution in [0.4, 0.5) is 0 Å². The second-order valence-electron chi connectivity index (χ2n) is 7.46. The molecule has 1 aromatic heterocycles. The maximum absolute atomic E-state index is 12.0. The van der Waals surface area contributed by atoms with Crippen molar-refractivity contribution in [3.05, 3.63) is 11.7 Å². The van der Waals surface area contributed by atoms with Gasteiger partial charge in [0, 0.05) is 38.5 Å². The first-order valence-corrected chi connectivity index (χ1v) is 12.2. The first kappa shape index (κ1) is 19.7. The van der Waals surface area contributed by atoms with Gasteiger partial charge in [0.25, 0.3) is 0 Å². The van der Waals surface area contributed by atoms with Crippen LogP contribution in [0.1, 0.15) is 44.3 Å². The summed E-state index contributed by atoms with van der Waals surface area (Å²) in [4.78, 5) is 4.45. The molecule has 0 bridgehead atoms. The summed E-state index contributed by atoms with van der Waals surface area (Å²) in [5, 5.41) is 3.64. The van der Waals surface area contributed by atoms with Crippen molar-refractivity contribution in [1.29, 1.82) is 0 Å². The standard InChI is InChI=1S/C15H26N4O5S2/c1-11(2)26(22,23)19-9-12(10-19)8-14-16-15(17-24-14)13-4-6-18(7-5-13)25(3,20)21/h11-13H,4-10H2,1-3H3. The van der Waals surface area contributed by atoms with Gasteiger partial charge in [-0.3, -0.25) is 0 Å². The van der Waals surface area contributed by atoms with Crippen molar-refractivity contribution in [3.8, 4) is 0 Å². The van der Waals surface area contributed by atoms with Crippen LogP contribution in [0.2, 0.25) is 0 Å². The topological polar surface area (TPSA) is 114 Å². The molecule has 0 spiro atoms. The van der Waals surface area contributed by atoms with Gasteiger partial charge in [-0.2, -0.15) is 4.98 Å². The molecular weight excluding hydrogens is 380 g/mol.